The third kappa shape index (κ3) is 3.07. The van der Waals surface area contributed by atoms with Gasteiger partial charge in [0.05, 0.1) is 5.56 Å². The molecule has 106 valence electrons. The molecule has 0 fully saturated rings. The Morgan fingerprint density at radius 1 is 1.20 bits per heavy atom. The van der Waals surface area contributed by atoms with Crippen LogP contribution in [0.1, 0.15) is 24.2 Å². The van der Waals surface area contributed by atoms with E-state index < -0.39 is 5.97 Å². The normalized spacial score (nSPS) is 11.6. The van der Waals surface area contributed by atoms with Gasteiger partial charge in [-0.25, -0.2) is 4.79 Å². The maximum atomic E-state index is 11.3. The molecule has 0 aliphatic carbocycles. The molecule has 0 spiro atoms. The molecule has 0 atom stereocenters. The molecule has 2 N–H and O–H groups in total. The molecule has 2 aromatic carbocycles. The Bertz CT molecular complexity index is 637. The van der Waals surface area contributed by atoms with Gasteiger partial charge >= 0.3 is 5.97 Å². The fourth-order valence-corrected chi connectivity index (χ4v) is 2.24. The first-order chi connectivity index (χ1) is 9.44. The molecule has 3 nitrogen and oxygen atoms in total. The van der Waals surface area contributed by atoms with Gasteiger partial charge in [-0.2, -0.15) is 11.8 Å². The molecular weight excluding hydrogens is 270 g/mol. The number of hydrogen-bond donors (Lipinski definition) is 2. The molecule has 0 amide bonds. The monoisotopic (exact) mass is 289 g/mol. The van der Waals surface area contributed by atoms with E-state index in [-0.39, 0.29) is 4.75 Å². The summed E-state index contributed by atoms with van der Waals surface area (Å²) in [5.74, 6) is -0.891. The highest BCUT2D eigenvalue weighted by molar-refractivity contribution is 7.99. The summed E-state index contributed by atoms with van der Waals surface area (Å²) in [6.07, 6.45) is 2.09. The van der Waals surface area contributed by atoms with E-state index in [9.17, 15) is 9.90 Å². The van der Waals surface area contributed by atoms with Gasteiger partial charge in [0.25, 0.3) is 0 Å². The minimum atomic E-state index is -0.891. The number of carboxylic acids is 1. The number of anilines is 1. The second-order valence-corrected chi connectivity index (χ2v) is 6.84. The van der Waals surface area contributed by atoms with E-state index >= 15 is 0 Å². The van der Waals surface area contributed by atoms with Crippen LogP contribution in [-0.2, 0) is 0 Å². The van der Waals surface area contributed by atoms with Gasteiger partial charge in [-0.1, -0.05) is 24.3 Å². The number of thioether (sulfide) groups is 1. The van der Waals surface area contributed by atoms with Crippen LogP contribution in [-0.4, -0.2) is 28.6 Å². The molecule has 0 aliphatic rings. The van der Waals surface area contributed by atoms with Gasteiger partial charge in [0.15, 0.2) is 0 Å². The first-order valence-corrected chi connectivity index (χ1v) is 7.71. The van der Waals surface area contributed by atoms with Crippen molar-refractivity contribution in [2.24, 2.45) is 0 Å². The van der Waals surface area contributed by atoms with Gasteiger partial charge in [-0.05, 0) is 37.6 Å². The lowest BCUT2D eigenvalue weighted by Gasteiger charge is -2.23. The van der Waals surface area contributed by atoms with E-state index in [4.69, 9.17) is 0 Å². The van der Waals surface area contributed by atoms with Gasteiger partial charge < -0.3 is 10.4 Å². The molecule has 0 aliphatic heterocycles. The largest absolute Gasteiger partial charge is 0.478 e. The number of benzene rings is 2. The Morgan fingerprint density at radius 3 is 2.45 bits per heavy atom. The summed E-state index contributed by atoms with van der Waals surface area (Å²) < 4.78 is 0.132. The second kappa shape index (κ2) is 5.75. The van der Waals surface area contributed by atoms with Crippen molar-refractivity contribution in [2.45, 2.75) is 18.6 Å². The van der Waals surface area contributed by atoms with Crippen molar-refractivity contribution >= 4 is 34.2 Å². The lowest BCUT2D eigenvalue weighted by Crippen LogP contribution is -2.25. The van der Waals surface area contributed by atoms with Crippen LogP contribution in [0.3, 0.4) is 0 Å². The summed E-state index contributed by atoms with van der Waals surface area (Å²) in [5.41, 5.74) is 1.32. The second-order valence-electron chi connectivity index (χ2n) is 5.33. The molecule has 0 saturated heterocycles. The van der Waals surface area contributed by atoms with Crippen LogP contribution in [0.4, 0.5) is 5.69 Å². The highest BCUT2D eigenvalue weighted by atomic mass is 32.2. The van der Waals surface area contributed by atoms with Crippen molar-refractivity contribution < 1.29 is 9.90 Å². The Balaban J connectivity index is 2.41. The van der Waals surface area contributed by atoms with Crippen molar-refractivity contribution in [3.8, 4) is 0 Å². The molecule has 2 aromatic rings. The lowest BCUT2D eigenvalue weighted by molar-refractivity contribution is 0.0699. The maximum absolute atomic E-state index is 11.3. The van der Waals surface area contributed by atoms with Crippen LogP contribution >= 0.6 is 11.8 Å². The average molecular weight is 289 g/mol. The first-order valence-electron chi connectivity index (χ1n) is 6.49. The summed E-state index contributed by atoms with van der Waals surface area (Å²) in [6.45, 7) is 5.18. The van der Waals surface area contributed by atoms with Crippen molar-refractivity contribution in [1.82, 2.24) is 0 Å². The Hall–Kier alpha value is -1.68. The van der Waals surface area contributed by atoms with E-state index in [2.05, 4.69) is 25.4 Å². The van der Waals surface area contributed by atoms with Crippen molar-refractivity contribution in [3.05, 3.63) is 42.0 Å². The quantitative estimate of drug-likeness (QED) is 0.870. The van der Waals surface area contributed by atoms with Gasteiger partial charge in [-0.15, -0.1) is 0 Å². The van der Waals surface area contributed by atoms with Crippen LogP contribution in [0.2, 0.25) is 0 Å². The molecule has 0 heterocycles. The number of carboxylic acid groups (broad SMARTS) is 1. The van der Waals surface area contributed by atoms with E-state index in [0.29, 0.717) is 5.56 Å². The summed E-state index contributed by atoms with van der Waals surface area (Å²) >= 11 is 1.80. The SMILES string of the molecule is CSC(C)(C)CNc1ccc(C(=O)O)c2ccccc12. The first kappa shape index (κ1) is 14.7. The van der Waals surface area contributed by atoms with E-state index in [1.54, 1.807) is 17.8 Å². The van der Waals surface area contributed by atoms with Crippen LogP contribution < -0.4 is 5.32 Å². The predicted octanol–water partition coefficient (Wildman–Crippen LogP) is 4.09. The fraction of sp³-hybridized carbons (Fsp3) is 0.312. The van der Waals surface area contributed by atoms with E-state index in [0.717, 1.165) is 23.0 Å². The zero-order valence-corrected chi connectivity index (χ0v) is 12.8. The number of fused-ring (bicyclic) bond motifs is 1. The van der Waals surface area contributed by atoms with Crippen LogP contribution in [0, 0.1) is 0 Å². The summed E-state index contributed by atoms with van der Waals surface area (Å²) in [5, 5.41) is 14.4. The Kier molecular flexibility index (Phi) is 4.23. The van der Waals surface area contributed by atoms with Crippen molar-refractivity contribution in [1.29, 1.82) is 0 Å². The predicted molar refractivity (Wildman–Crippen MR) is 87.0 cm³/mol. The molecule has 4 heteroatoms. The van der Waals surface area contributed by atoms with E-state index in [1.807, 2.05) is 30.3 Å². The molecule has 20 heavy (non-hydrogen) atoms. The average Bonchev–Trinajstić information content (AvgIpc) is 2.44. The van der Waals surface area contributed by atoms with Gasteiger partial charge in [0, 0.05) is 22.4 Å². The fourth-order valence-electron chi connectivity index (χ4n) is 2.02. The molecular formula is C16H19NO2S. The summed E-state index contributed by atoms with van der Waals surface area (Å²) in [7, 11) is 0. The minimum Gasteiger partial charge on any atom is -0.478 e. The highest BCUT2D eigenvalue weighted by Crippen LogP contribution is 2.28. The molecule has 2 rings (SSSR count). The molecule has 0 bridgehead atoms. The molecule has 0 unspecified atom stereocenters. The number of nitrogens with one attached hydrogen (secondary N) is 1. The van der Waals surface area contributed by atoms with Crippen LogP contribution in [0.15, 0.2) is 36.4 Å². The molecule has 0 saturated carbocycles. The van der Waals surface area contributed by atoms with Crippen LogP contribution in [0.5, 0.6) is 0 Å². The summed E-state index contributed by atoms with van der Waals surface area (Å²) in [6, 6.07) is 11.1. The number of hydrogen-bond acceptors (Lipinski definition) is 3. The third-order valence-electron chi connectivity index (χ3n) is 3.41. The zero-order valence-electron chi connectivity index (χ0n) is 11.9. The van der Waals surface area contributed by atoms with Gasteiger partial charge in [-0.3, -0.25) is 0 Å². The van der Waals surface area contributed by atoms with E-state index in [1.165, 1.54) is 0 Å². The third-order valence-corrected chi connectivity index (χ3v) is 4.66. The Labute approximate surface area is 123 Å². The number of rotatable bonds is 5. The number of carbonyl (C=O) groups is 1. The van der Waals surface area contributed by atoms with Gasteiger partial charge in [0.1, 0.15) is 0 Å². The standard InChI is InChI=1S/C16H19NO2S/c1-16(2,20-3)10-17-14-9-8-13(15(18)19)11-6-4-5-7-12(11)14/h4-9,17H,10H2,1-3H3,(H,18,19). The molecule has 0 radical (unpaired) electrons. The van der Waals surface area contributed by atoms with Crippen LogP contribution in [0.25, 0.3) is 10.8 Å². The van der Waals surface area contributed by atoms with Crippen molar-refractivity contribution in [2.75, 3.05) is 18.1 Å². The maximum Gasteiger partial charge on any atom is 0.336 e. The minimum absolute atomic E-state index is 0.132. The van der Waals surface area contributed by atoms with Gasteiger partial charge in [0.2, 0.25) is 0 Å². The van der Waals surface area contributed by atoms with Crippen molar-refractivity contribution in [3.63, 3.8) is 0 Å². The summed E-state index contributed by atoms with van der Waals surface area (Å²) in [4.78, 5) is 11.3. The Morgan fingerprint density at radius 2 is 1.85 bits per heavy atom. The number of aromatic carboxylic acids is 1. The lowest BCUT2D eigenvalue weighted by atomic mass is 10.0. The smallest absolute Gasteiger partial charge is 0.336 e. The molecule has 0 aromatic heterocycles. The zero-order chi connectivity index (χ0) is 14.8. The topological polar surface area (TPSA) is 49.3 Å². The highest BCUT2D eigenvalue weighted by Gasteiger charge is 2.17.